The van der Waals surface area contributed by atoms with Gasteiger partial charge in [0.05, 0.1) is 11.9 Å². The van der Waals surface area contributed by atoms with E-state index in [-0.39, 0.29) is 37.4 Å². The van der Waals surface area contributed by atoms with Crippen LogP contribution < -0.4 is 9.62 Å². The lowest BCUT2D eigenvalue weighted by Gasteiger charge is -2.33. The smallest absolute Gasteiger partial charge is 0.243 e. The van der Waals surface area contributed by atoms with E-state index in [0.29, 0.717) is 18.5 Å². The summed E-state index contributed by atoms with van der Waals surface area (Å²) in [5, 5.41) is 3.00. The first-order chi connectivity index (χ1) is 19.0. The van der Waals surface area contributed by atoms with Crippen LogP contribution in [0.5, 0.6) is 0 Å². The Labute approximate surface area is 239 Å². The number of carbonyl (C=O) groups is 2. The SMILES string of the molecule is Cc1ccccc1CN(C(=O)CCCN(c1ccccc1C)S(C)(=O)=O)C(Cc1ccccc1)C(=O)NC(C)C. The standard InChI is InChI=1S/C32H41N3O4S/c1-24(2)33-32(37)30(22-27-16-7-6-8-17-27)34(23-28-18-11-9-14-25(28)3)31(36)20-13-21-35(40(5,38)39)29-19-12-10-15-26(29)4/h6-12,14-19,24,30H,13,20-23H2,1-5H3,(H,33,37). The zero-order valence-electron chi connectivity index (χ0n) is 24.1. The van der Waals surface area contributed by atoms with Crippen molar-refractivity contribution in [1.29, 1.82) is 0 Å². The second kappa shape index (κ2) is 14.1. The molecule has 40 heavy (non-hydrogen) atoms. The van der Waals surface area contributed by atoms with Gasteiger partial charge in [-0.25, -0.2) is 8.42 Å². The number of nitrogens with zero attached hydrogens (tertiary/aromatic N) is 2. The van der Waals surface area contributed by atoms with E-state index in [2.05, 4.69) is 5.32 Å². The lowest BCUT2D eigenvalue weighted by Crippen LogP contribution is -2.52. The molecule has 0 aromatic heterocycles. The summed E-state index contributed by atoms with van der Waals surface area (Å²) in [6.45, 7) is 8.10. The van der Waals surface area contributed by atoms with Gasteiger partial charge in [-0.1, -0.05) is 72.8 Å². The molecule has 0 bridgehead atoms. The van der Waals surface area contributed by atoms with Gasteiger partial charge < -0.3 is 10.2 Å². The zero-order valence-corrected chi connectivity index (χ0v) is 24.9. The van der Waals surface area contributed by atoms with Crippen LogP contribution in [0.25, 0.3) is 0 Å². The van der Waals surface area contributed by atoms with E-state index in [4.69, 9.17) is 0 Å². The molecule has 0 radical (unpaired) electrons. The van der Waals surface area contributed by atoms with E-state index < -0.39 is 16.1 Å². The molecule has 0 aliphatic rings. The fraction of sp³-hybridized carbons (Fsp3) is 0.375. The molecule has 1 atom stereocenters. The molecule has 0 spiro atoms. The minimum atomic E-state index is -3.55. The van der Waals surface area contributed by atoms with E-state index in [0.717, 1.165) is 22.3 Å². The van der Waals surface area contributed by atoms with Crippen molar-refractivity contribution in [2.45, 2.75) is 65.6 Å². The molecule has 214 valence electrons. The van der Waals surface area contributed by atoms with Crippen molar-refractivity contribution < 1.29 is 18.0 Å². The molecule has 3 aromatic carbocycles. The molecule has 7 nitrogen and oxygen atoms in total. The van der Waals surface area contributed by atoms with Crippen LogP contribution in [0.2, 0.25) is 0 Å². The third-order valence-corrected chi connectivity index (χ3v) is 8.02. The number of hydrogen-bond acceptors (Lipinski definition) is 4. The molecule has 0 fully saturated rings. The van der Waals surface area contributed by atoms with Crippen molar-refractivity contribution in [1.82, 2.24) is 10.2 Å². The summed E-state index contributed by atoms with van der Waals surface area (Å²) in [5.41, 5.74) is 4.40. The number of hydrogen-bond donors (Lipinski definition) is 1. The fourth-order valence-corrected chi connectivity index (χ4v) is 5.75. The molecule has 0 aliphatic carbocycles. The molecule has 0 saturated heterocycles. The molecule has 0 heterocycles. The van der Waals surface area contributed by atoms with Crippen molar-refractivity contribution >= 4 is 27.5 Å². The second-order valence-electron chi connectivity index (χ2n) is 10.5. The topological polar surface area (TPSA) is 86.8 Å². The van der Waals surface area contributed by atoms with Gasteiger partial charge in [-0.3, -0.25) is 13.9 Å². The van der Waals surface area contributed by atoms with Crippen molar-refractivity contribution in [2.75, 3.05) is 17.1 Å². The Balaban J connectivity index is 1.90. The van der Waals surface area contributed by atoms with Crippen LogP contribution in [0.4, 0.5) is 5.69 Å². The third kappa shape index (κ3) is 8.68. The van der Waals surface area contributed by atoms with Crippen LogP contribution in [0.3, 0.4) is 0 Å². The summed E-state index contributed by atoms with van der Waals surface area (Å²) in [6, 6.07) is 24.0. The predicted molar refractivity (Wildman–Crippen MR) is 162 cm³/mol. The zero-order chi connectivity index (χ0) is 29.3. The second-order valence-corrected chi connectivity index (χ2v) is 12.4. The van der Waals surface area contributed by atoms with Gasteiger partial charge in [0.1, 0.15) is 6.04 Å². The van der Waals surface area contributed by atoms with Crippen molar-refractivity contribution in [3.8, 4) is 0 Å². The predicted octanol–water partition coefficient (Wildman–Crippen LogP) is 5.01. The van der Waals surface area contributed by atoms with Crippen LogP contribution >= 0.6 is 0 Å². The Hall–Kier alpha value is -3.65. The first kappa shape index (κ1) is 30.9. The summed E-state index contributed by atoms with van der Waals surface area (Å²) < 4.78 is 26.7. The molecule has 1 unspecified atom stereocenters. The highest BCUT2D eigenvalue weighted by atomic mass is 32.2. The van der Waals surface area contributed by atoms with Gasteiger partial charge in [-0.05, 0) is 62.4 Å². The van der Waals surface area contributed by atoms with Crippen LogP contribution in [-0.4, -0.2) is 50.0 Å². The number of rotatable bonds is 13. The highest BCUT2D eigenvalue weighted by Crippen LogP contribution is 2.23. The van der Waals surface area contributed by atoms with Gasteiger partial charge in [0.15, 0.2) is 0 Å². The van der Waals surface area contributed by atoms with E-state index in [9.17, 15) is 18.0 Å². The van der Waals surface area contributed by atoms with Gasteiger partial charge in [0.2, 0.25) is 21.8 Å². The monoisotopic (exact) mass is 563 g/mol. The third-order valence-electron chi connectivity index (χ3n) is 6.84. The molecule has 2 amide bonds. The summed E-state index contributed by atoms with van der Waals surface area (Å²) in [7, 11) is -3.55. The molecule has 3 rings (SSSR count). The number of amides is 2. The number of benzene rings is 3. The number of sulfonamides is 1. The summed E-state index contributed by atoms with van der Waals surface area (Å²) in [6.07, 6.45) is 1.96. The highest BCUT2D eigenvalue weighted by Gasteiger charge is 2.31. The van der Waals surface area contributed by atoms with Crippen LogP contribution in [-0.2, 0) is 32.6 Å². The normalized spacial score (nSPS) is 12.2. The Morgan fingerprint density at radius 1 is 0.850 bits per heavy atom. The van der Waals surface area contributed by atoms with Crippen molar-refractivity contribution in [3.05, 3.63) is 101 Å². The van der Waals surface area contributed by atoms with Gasteiger partial charge in [-0.2, -0.15) is 0 Å². The summed E-state index contributed by atoms with van der Waals surface area (Å²) in [5.74, 6) is -0.403. The number of nitrogens with one attached hydrogen (secondary N) is 1. The van der Waals surface area contributed by atoms with Crippen molar-refractivity contribution in [2.24, 2.45) is 0 Å². The Morgan fingerprint density at radius 2 is 1.45 bits per heavy atom. The molecular formula is C32H41N3O4S. The Bertz CT molecular complexity index is 1390. The van der Waals surface area contributed by atoms with Gasteiger partial charge in [0.25, 0.3) is 0 Å². The van der Waals surface area contributed by atoms with Crippen molar-refractivity contribution in [3.63, 3.8) is 0 Å². The highest BCUT2D eigenvalue weighted by molar-refractivity contribution is 7.92. The summed E-state index contributed by atoms with van der Waals surface area (Å²) >= 11 is 0. The number of aryl methyl sites for hydroxylation is 2. The molecular weight excluding hydrogens is 522 g/mol. The van der Waals surface area contributed by atoms with E-state index in [1.807, 2.05) is 94.4 Å². The number of carbonyl (C=O) groups excluding carboxylic acids is 2. The molecule has 3 aromatic rings. The van der Waals surface area contributed by atoms with E-state index in [1.165, 1.54) is 10.6 Å². The van der Waals surface area contributed by atoms with Gasteiger partial charge in [0, 0.05) is 32.0 Å². The molecule has 0 saturated carbocycles. The van der Waals surface area contributed by atoms with Crippen LogP contribution in [0.15, 0.2) is 78.9 Å². The van der Waals surface area contributed by atoms with E-state index >= 15 is 0 Å². The van der Waals surface area contributed by atoms with Gasteiger partial charge in [-0.15, -0.1) is 0 Å². The fourth-order valence-electron chi connectivity index (χ4n) is 4.73. The average Bonchev–Trinajstić information content (AvgIpc) is 2.89. The Morgan fingerprint density at radius 3 is 2.05 bits per heavy atom. The largest absolute Gasteiger partial charge is 0.352 e. The quantitative estimate of drug-likeness (QED) is 0.317. The van der Waals surface area contributed by atoms with E-state index in [1.54, 1.807) is 17.0 Å². The number of para-hydroxylation sites is 1. The first-order valence-corrected chi connectivity index (χ1v) is 15.5. The minimum absolute atomic E-state index is 0.0846. The maximum absolute atomic E-state index is 13.9. The number of anilines is 1. The van der Waals surface area contributed by atoms with Crippen LogP contribution in [0, 0.1) is 13.8 Å². The molecule has 0 aliphatic heterocycles. The van der Waals surface area contributed by atoms with Gasteiger partial charge >= 0.3 is 0 Å². The molecule has 8 heteroatoms. The first-order valence-electron chi connectivity index (χ1n) is 13.7. The summed E-state index contributed by atoms with van der Waals surface area (Å²) in [4.78, 5) is 29.1. The Kier molecular flexibility index (Phi) is 10.9. The molecule has 1 N–H and O–H groups in total. The van der Waals surface area contributed by atoms with Crippen LogP contribution in [0.1, 0.15) is 48.9 Å². The lowest BCUT2D eigenvalue weighted by atomic mass is 10.0. The lowest BCUT2D eigenvalue weighted by molar-refractivity contribution is -0.141. The minimum Gasteiger partial charge on any atom is -0.352 e. The maximum Gasteiger partial charge on any atom is 0.243 e. The maximum atomic E-state index is 13.9. The average molecular weight is 564 g/mol.